The summed E-state index contributed by atoms with van der Waals surface area (Å²) in [5.74, 6) is -0.642. The van der Waals surface area contributed by atoms with Gasteiger partial charge in [-0.15, -0.1) is 0 Å². The van der Waals surface area contributed by atoms with Crippen molar-refractivity contribution in [2.75, 3.05) is 16.4 Å². The minimum Gasteiger partial charge on any atom is -0.399 e. The van der Waals surface area contributed by atoms with Gasteiger partial charge < -0.3 is 16.4 Å². The van der Waals surface area contributed by atoms with Crippen LogP contribution in [0.25, 0.3) is 0 Å². The first kappa shape index (κ1) is 47.9. The van der Waals surface area contributed by atoms with Crippen molar-refractivity contribution in [3.63, 3.8) is 0 Å². The number of rotatable bonds is 6. The molecule has 9 nitrogen and oxygen atoms in total. The Morgan fingerprint density at radius 3 is 1.48 bits per heavy atom. The second-order valence-corrected chi connectivity index (χ2v) is 8.17. The van der Waals surface area contributed by atoms with Crippen LogP contribution in [0.5, 0.6) is 0 Å². The second-order valence-electron chi connectivity index (χ2n) is 7.79. The van der Waals surface area contributed by atoms with Gasteiger partial charge in [0, 0.05) is 17.4 Å². The number of hydrogen-bond donors (Lipinski definition) is 3. The number of carbonyl (C=O) groups excluding carboxylic acids is 3. The zero-order valence-corrected chi connectivity index (χ0v) is 29.4. The van der Waals surface area contributed by atoms with Gasteiger partial charge in [0.05, 0.1) is 4.92 Å². The summed E-state index contributed by atoms with van der Waals surface area (Å²) in [6, 6.07) is 20.0. The van der Waals surface area contributed by atoms with Crippen LogP contribution in [-0.2, 0) is 14.4 Å². The highest BCUT2D eigenvalue weighted by Crippen LogP contribution is 2.27. The number of allylic oxidation sites excluding steroid dienone is 1. The Bertz CT molecular complexity index is 1340. The first-order chi connectivity index (χ1) is 21.9. The van der Waals surface area contributed by atoms with Gasteiger partial charge in [0.1, 0.15) is 5.69 Å². The van der Waals surface area contributed by atoms with Crippen LogP contribution in [0.3, 0.4) is 0 Å². The van der Waals surface area contributed by atoms with Crippen molar-refractivity contribution in [3.05, 3.63) is 131 Å². The van der Waals surface area contributed by atoms with Crippen LogP contribution in [0.15, 0.2) is 105 Å². The Morgan fingerprint density at radius 2 is 1.11 bits per heavy atom. The predicted octanol–water partition coefficient (Wildman–Crippen LogP) is 9.74. The van der Waals surface area contributed by atoms with Crippen LogP contribution in [0.4, 0.5) is 22.7 Å². The number of nitrogen functional groups attached to an aromatic ring is 1. The summed E-state index contributed by atoms with van der Waals surface area (Å²) in [6.45, 7) is 27.4. The van der Waals surface area contributed by atoms with E-state index in [0.29, 0.717) is 5.56 Å². The molecule has 0 saturated carbocycles. The molecule has 3 aromatic carbocycles. The number of anilines is 3. The zero-order valence-electron chi connectivity index (χ0n) is 28.6. The highest BCUT2D eigenvalue weighted by Gasteiger charge is 2.16. The summed E-state index contributed by atoms with van der Waals surface area (Å²) in [4.78, 5) is 41.6. The number of amides is 2. The Hall–Kier alpha value is -5.02. The van der Waals surface area contributed by atoms with Gasteiger partial charge in [-0.2, -0.15) is 0 Å². The van der Waals surface area contributed by atoms with Gasteiger partial charge in [0.2, 0.25) is 17.1 Å². The monoisotopic (exact) mass is 654 g/mol. The van der Waals surface area contributed by atoms with Crippen molar-refractivity contribution in [2.45, 2.75) is 62.3 Å². The highest BCUT2D eigenvalue weighted by molar-refractivity contribution is 6.66. The summed E-state index contributed by atoms with van der Waals surface area (Å²) in [5, 5.41) is 15.3. The molecule has 2 amide bonds. The number of aryl methyl sites for hydroxylation is 3. The molecule has 0 radical (unpaired) electrons. The third kappa shape index (κ3) is 23.4. The van der Waals surface area contributed by atoms with Gasteiger partial charge in [0.15, 0.2) is 0 Å². The molecule has 46 heavy (non-hydrogen) atoms. The van der Waals surface area contributed by atoms with Gasteiger partial charge in [-0.25, -0.2) is 0 Å². The number of hydrogen-bond acceptors (Lipinski definition) is 6. The van der Waals surface area contributed by atoms with E-state index in [2.05, 4.69) is 30.4 Å². The normalized spacial score (nSPS) is 8.13. The molecule has 0 aliphatic heterocycles. The molecule has 3 aromatic rings. The van der Waals surface area contributed by atoms with Crippen LogP contribution in [0, 0.1) is 30.9 Å². The van der Waals surface area contributed by atoms with Gasteiger partial charge in [-0.3, -0.25) is 24.5 Å². The fourth-order valence-corrected chi connectivity index (χ4v) is 2.62. The lowest BCUT2D eigenvalue weighted by Crippen LogP contribution is -2.10. The fourth-order valence-electron chi connectivity index (χ4n) is 2.62. The smallest absolute Gasteiger partial charge is 0.293 e. The number of nitro benzene ring substituents is 1. The van der Waals surface area contributed by atoms with Gasteiger partial charge in [-0.05, 0) is 79.4 Å². The van der Waals surface area contributed by atoms with Crippen molar-refractivity contribution in [1.82, 2.24) is 0 Å². The second kappa shape index (κ2) is 31.4. The summed E-state index contributed by atoms with van der Waals surface area (Å²) < 4.78 is 0. The molecule has 0 atom stereocenters. The topological polar surface area (TPSA) is 144 Å². The van der Waals surface area contributed by atoms with E-state index in [-0.39, 0.29) is 17.3 Å². The number of halogens is 1. The highest BCUT2D eigenvalue weighted by atomic mass is 35.5. The molecule has 0 spiro atoms. The van der Waals surface area contributed by atoms with E-state index in [1.54, 1.807) is 19.1 Å². The predicted molar refractivity (Wildman–Crippen MR) is 197 cm³/mol. The summed E-state index contributed by atoms with van der Waals surface area (Å²) in [5.41, 5.74) is 10.2. The maximum absolute atomic E-state index is 11.1. The Labute approximate surface area is 280 Å². The standard InChI is InChI=1S/C10H10N2O3.C10H11NO.C7H9N.C3H3ClO.3C2H6/c1-3-9(13)11-10-7(2)5-4-6-8(10)12(14)15;1-3-10(12)11-9-7-5-4-6-8(9)2;1-6-4-2-3-5-7(6)8;1-2-3(4)5;3*1-2/h3-6H,1H2,2H3,(H,11,13);3-7H,1H2,2H3,(H,11,12);2-5H,8H2,1H3;2H,1H2;3*1-2H3. The Kier molecular flexibility index (Phi) is 32.7. The molecule has 0 heterocycles. The third-order valence-corrected chi connectivity index (χ3v) is 4.97. The van der Waals surface area contributed by atoms with Gasteiger partial charge >= 0.3 is 0 Å². The van der Waals surface area contributed by atoms with Crippen LogP contribution in [0.2, 0.25) is 0 Å². The lowest BCUT2D eigenvalue weighted by atomic mass is 10.1. The maximum atomic E-state index is 11.1. The van der Waals surface area contributed by atoms with E-state index in [9.17, 15) is 24.5 Å². The zero-order chi connectivity index (χ0) is 36.7. The first-order valence-electron chi connectivity index (χ1n) is 14.7. The molecule has 0 aromatic heterocycles. The largest absolute Gasteiger partial charge is 0.399 e. The van der Waals surface area contributed by atoms with Gasteiger partial charge in [-0.1, -0.05) is 110 Å². The minimum absolute atomic E-state index is 0.120. The van der Waals surface area contributed by atoms with E-state index in [1.165, 1.54) is 12.1 Å². The Balaban J connectivity index is -0.000000255. The third-order valence-electron chi connectivity index (χ3n) is 4.82. The van der Waals surface area contributed by atoms with E-state index in [1.807, 2.05) is 104 Å². The van der Waals surface area contributed by atoms with Crippen LogP contribution in [0.1, 0.15) is 58.2 Å². The number of nitrogens with two attached hydrogens (primary N) is 1. The molecule has 252 valence electrons. The lowest BCUT2D eigenvalue weighted by Gasteiger charge is -2.06. The average molecular weight is 655 g/mol. The van der Waals surface area contributed by atoms with Crippen LogP contribution in [-0.4, -0.2) is 22.0 Å². The molecule has 0 unspecified atom stereocenters. The number of nitrogens with one attached hydrogen (secondary N) is 2. The van der Waals surface area contributed by atoms with E-state index in [0.717, 1.165) is 34.7 Å². The Morgan fingerprint density at radius 1 is 0.696 bits per heavy atom. The quantitative estimate of drug-likeness (QED) is 0.0793. The molecule has 0 aliphatic rings. The van der Waals surface area contributed by atoms with Gasteiger partial charge in [0.25, 0.3) is 5.69 Å². The van der Waals surface area contributed by atoms with Crippen molar-refractivity contribution in [2.24, 2.45) is 0 Å². The first-order valence-corrected chi connectivity index (χ1v) is 15.0. The van der Waals surface area contributed by atoms with Crippen molar-refractivity contribution < 1.29 is 19.3 Å². The van der Waals surface area contributed by atoms with E-state index >= 15 is 0 Å². The number of benzene rings is 3. The molecule has 0 saturated heterocycles. The van der Waals surface area contributed by atoms with E-state index < -0.39 is 16.1 Å². The van der Waals surface area contributed by atoms with Crippen LogP contribution < -0.4 is 16.4 Å². The molecule has 3 rings (SSSR count). The van der Waals surface area contributed by atoms with Crippen molar-refractivity contribution in [3.8, 4) is 0 Å². The average Bonchev–Trinajstić information content (AvgIpc) is 3.07. The molecular weight excluding hydrogens is 604 g/mol. The van der Waals surface area contributed by atoms with Crippen molar-refractivity contribution in [1.29, 1.82) is 0 Å². The fraction of sp³-hybridized carbons (Fsp3) is 0.250. The molecule has 0 aliphatic carbocycles. The lowest BCUT2D eigenvalue weighted by molar-refractivity contribution is -0.384. The summed E-state index contributed by atoms with van der Waals surface area (Å²) >= 11 is 4.71. The maximum Gasteiger partial charge on any atom is 0.293 e. The number of nitrogens with zero attached hydrogens (tertiary/aromatic N) is 1. The molecule has 4 N–H and O–H groups in total. The van der Waals surface area contributed by atoms with Crippen molar-refractivity contribution >= 4 is 51.4 Å². The molecular formula is C36H51ClN4O5. The molecule has 0 fully saturated rings. The number of nitro groups is 1. The van der Waals surface area contributed by atoms with Crippen LogP contribution >= 0.6 is 11.6 Å². The summed E-state index contributed by atoms with van der Waals surface area (Å²) in [7, 11) is 0. The minimum atomic E-state index is -0.536. The van der Waals surface area contributed by atoms with E-state index in [4.69, 9.17) is 17.3 Å². The molecule has 10 heteroatoms. The number of carbonyl (C=O) groups is 3. The molecule has 0 bridgehead atoms. The SMILES string of the molecule is C=CC(=O)Cl.C=CC(=O)Nc1c(C)cccc1[N+](=O)[O-].C=CC(=O)Nc1ccccc1C.CC.CC.CC.Cc1ccccc1N. The summed E-state index contributed by atoms with van der Waals surface area (Å²) in [6.07, 6.45) is 3.37. The number of para-hydroxylation sites is 3.